The Morgan fingerprint density at radius 3 is 2.71 bits per heavy atom. The van der Waals surface area contributed by atoms with Crippen molar-refractivity contribution in [3.63, 3.8) is 0 Å². The van der Waals surface area contributed by atoms with Gasteiger partial charge in [-0.2, -0.15) is 5.10 Å². The molecule has 0 unspecified atom stereocenters. The topological polar surface area (TPSA) is 21.1 Å². The van der Waals surface area contributed by atoms with Crippen molar-refractivity contribution >= 4 is 5.69 Å². The zero-order valence-corrected chi connectivity index (χ0v) is 13.5. The van der Waals surface area contributed by atoms with E-state index in [0.29, 0.717) is 12.0 Å². The number of aryl methyl sites for hydroxylation is 1. The van der Waals surface area contributed by atoms with Gasteiger partial charge in [-0.25, -0.2) is 0 Å². The lowest BCUT2D eigenvalue weighted by atomic mass is 9.86. The number of benzene rings is 1. The van der Waals surface area contributed by atoms with Crippen LogP contribution >= 0.6 is 0 Å². The van der Waals surface area contributed by atoms with Crippen molar-refractivity contribution in [1.82, 2.24) is 9.78 Å². The fraction of sp³-hybridized carbons (Fsp3) is 0.500. The highest BCUT2D eigenvalue weighted by molar-refractivity contribution is 5.69. The van der Waals surface area contributed by atoms with E-state index in [9.17, 15) is 0 Å². The van der Waals surface area contributed by atoms with E-state index < -0.39 is 0 Å². The van der Waals surface area contributed by atoms with Crippen molar-refractivity contribution in [3.8, 4) is 11.1 Å². The largest absolute Gasteiger partial charge is 0.369 e. The third-order valence-electron chi connectivity index (χ3n) is 4.65. The van der Waals surface area contributed by atoms with Crippen LogP contribution in [0, 0.1) is 0 Å². The fourth-order valence-corrected chi connectivity index (χ4v) is 3.42. The number of hydrogen-bond donors (Lipinski definition) is 0. The molecule has 1 aromatic heterocycles. The van der Waals surface area contributed by atoms with E-state index in [0.717, 1.165) is 0 Å². The van der Waals surface area contributed by atoms with Gasteiger partial charge in [0, 0.05) is 37.1 Å². The van der Waals surface area contributed by atoms with Crippen LogP contribution in [0.5, 0.6) is 0 Å². The van der Waals surface area contributed by atoms with E-state index in [2.05, 4.69) is 55.2 Å². The van der Waals surface area contributed by atoms with Gasteiger partial charge in [-0.1, -0.05) is 13.0 Å². The number of hydrogen-bond acceptors (Lipinski definition) is 2. The number of fused-ring (bicyclic) bond motifs is 1. The van der Waals surface area contributed by atoms with Crippen LogP contribution in [-0.4, -0.2) is 22.4 Å². The molecule has 0 saturated heterocycles. The van der Waals surface area contributed by atoms with Gasteiger partial charge in [0.15, 0.2) is 0 Å². The molecule has 0 radical (unpaired) electrons. The summed E-state index contributed by atoms with van der Waals surface area (Å²) >= 11 is 0. The lowest BCUT2D eigenvalue weighted by molar-refractivity contribution is 0.536. The molecule has 1 aromatic carbocycles. The second-order valence-electron chi connectivity index (χ2n) is 6.36. The molecular weight excluding hydrogens is 258 g/mol. The Morgan fingerprint density at radius 2 is 2.10 bits per heavy atom. The molecule has 3 nitrogen and oxygen atoms in total. The minimum absolute atomic E-state index is 0.561. The van der Waals surface area contributed by atoms with Crippen molar-refractivity contribution in [2.75, 3.05) is 11.4 Å². The first-order chi connectivity index (χ1) is 10.1. The highest BCUT2D eigenvalue weighted by Crippen LogP contribution is 2.40. The van der Waals surface area contributed by atoms with Gasteiger partial charge in [-0.3, -0.25) is 4.68 Å². The lowest BCUT2D eigenvalue weighted by Crippen LogP contribution is -2.36. The van der Waals surface area contributed by atoms with Crippen molar-refractivity contribution < 1.29 is 0 Å². The number of aromatic nitrogens is 2. The maximum absolute atomic E-state index is 4.29. The molecule has 1 aliphatic rings. The smallest absolute Gasteiger partial charge is 0.0568 e. The van der Waals surface area contributed by atoms with Gasteiger partial charge in [0.2, 0.25) is 0 Å². The number of nitrogens with zero attached hydrogens (tertiary/aromatic N) is 3. The Balaban J connectivity index is 2.05. The zero-order chi connectivity index (χ0) is 15.0. The molecule has 0 spiro atoms. The van der Waals surface area contributed by atoms with Gasteiger partial charge < -0.3 is 4.90 Å². The van der Waals surface area contributed by atoms with E-state index >= 15 is 0 Å². The molecular formula is C18H25N3. The van der Waals surface area contributed by atoms with Gasteiger partial charge in [-0.15, -0.1) is 0 Å². The molecule has 3 rings (SSSR count). The van der Waals surface area contributed by atoms with Crippen LogP contribution in [0.4, 0.5) is 5.69 Å². The maximum Gasteiger partial charge on any atom is 0.0568 e. The average molecular weight is 283 g/mol. The molecule has 0 saturated carbocycles. The Bertz CT molecular complexity index is 627. The minimum atomic E-state index is 0.561. The van der Waals surface area contributed by atoms with Crippen LogP contribution in [0.3, 0.4) is 0 Å². The summed E-state index contributed by atoms with van der Waals surface area (Å²) in [7, 11) is 1.97. The van der Waals surface area contributed by atoms with Crippen molar-refractivity contribution in [1.29, 1.82) is 0 Å². The average Bonchev–Trinajstić information content (AvgIpc) is 2.91. The van der Waals surface area contributed by atoms with E-state index in [4.69, 9.17) is 0 Å². The minimum Gasteiger partial charge on any atom is -0.369 e. The highest BCUT2D eigenvalue weighted by Gasteiger charge is 2.25. The summed E-state index contributed by atoms with van der Waals surface area (Å²) in [5, 5.41) is 4.29. The molecule has 2 heterocycles. The lowest BCUT2D eigenvalue weighted by Gasteiger charge is -2.38. The Morgan fingerprint density at radius 1 is 1.29 bits per heavy atom. The third-order valence-corrected chi connectivity index (χ3v) is 4.65. The van der Waals surface area contributed by atoms with Gasteiger partial charge in [0.05, 0.1) is 6.20 Å². The second kappa shape index (κ2) is 5.55. The van der Waals surface area contributed by atoms with Crippen LogP contribution in [-0.2, 0) is 7.05 Å². The molecule has 0 N–H and O–H groups in total. The van der Waals surface area contributed by atoms with Crippen molar-refractivity contribution in [3.05, 3.63) is 36.2 Å². The SMILES string of the molecule is CC[C@H]1CCN(C(C)C)c2ccc(-c3cnn(C)c3)cc21. The van der Waals surface area contributed by atoms with Crippen LogP contribution < -0.4 is 4.90 Å². The first-order valence-electron chi connectivity index (χ1n) is 7.99. The summed E-state index contributed by atoms with van der Waals surface area (Å²) in [5.74, 6) is 0.687. The molecule has 0 fully saturated rings. The van der Waals surface area contributed by atoms with E-state index in [1.54, 1.807) is 0 Å². The number of anilines is 1. The highest BCUT2D eigenvalue weighted by atomic mass is 15.2. The maximum atomic E-state index is 4.29. The van der Waals surface area contributed by atoms with Crippen LogP contribution in [0.25, 0.3) is 11.1 Å². The van der Waals surface area contributed by atoms with E-state index in [1.807, 2.05) is 17.9 Å². The van der Waals surface area contributed by atoms with Gasteiger partial charge in [0.25, 0.3) is 0 Å². The van der Waals surface area contributed by atoms with Crippen LogP contribution in [0.2, 0.25) is 0 Å². The fourth-order valence-electron chi connectivity index (χ4n) is 3.42. The van der Waals surface area contributed by atoms with Crippen molar-refractivity contribution in [2.24, 2.45) is 7.05 Å². The predicted molar refractivity (Wildman–Crippen MR) is 88.8 cm³/mol. The first-order valence-corrected chi connectivity index (χ1v) is 7.99. The van der Waals surface area contributed by atoms with E-state index in [1.165, 1.54) is 41.8 Å². The molecule has 1 aliphatic heterocycles. The molecule has 2 aromatic rings. The van der Waals surface area contributed by atoms with Gasteiger partial charge in [-0.05, 0) is 55.9 Å². The number of rotatable bonds is 3. The first kappa shape index (κ1) is 14.2. The quantitative estimate of drug-likeness (QED) is 0.842. The molecule has 3 heteroatoms. The third kappa shape index (κ3) is 2.57. The Labute approximate surface area is 127 Å². The molecule has 112 valence electrons. The molecule has 0 amide bonds. The second-order valence-corrected chi connectivity index (χ2v) is 6.36. The predicted octanol–water partition coefficient (Wildman–Crippen LogP) is 4.20. The Hall–Kier alpha value is -1.77. The monoisotopic (exact) mass is 283 g/mol. The summed E-state index contributed by atoms with van der Waals surface area (Å²) < 4.78 is 1.87. The molecule has 0 aliphatic carbocycles. The summed E-state index contributed by atoms with van der Waals surface area (Å²) in [6.07, 6.45) is 6.52. The summed E-state index contributed by atoms with van der Waals surface area (Å²) in [6, 6.07) is 7.49. The normalized spacial score (nSPS) is 18.1. The van der Waals surface area contributed by atoms with Gasteiger partial charge >= 0.3 is 0 Å². The zero-order valence-electron chi connectivity index (χ0n) is 13.5. The van der Waals surface area contributed by atoms with E-state index in [-0.39, 0.29) is 0 Å². The van der Waals surface area contributed by atoms with Crippen molar-refractivity contribution in [2.45, 2.75) is 45.6 Å². The van der Waals surface area contributed by atoms with Crippen LogP contribution in [0.15, 0.2) is 30.6 Å². The summed E-state index contributed by atoms with van der Waals surface area (Å²) in [6.45, 7) is 8.04. The summed E-state index contributed by atoms with van der Waals surface area (Å²) in [4.78, 5) is 2.54. The molecule has 21 heavy (non-hydrogen) atoms. The van der Waals surface area contributed by atoms with Crippen LogP contribution in [0.1, 0.15) is 45.1 Å². The molecule has 0 bridgehead atoms. The summed E-state index contributed by atoms with van der Waals surface area (Å²) in [5.41, 5.74) is 5.43. The van der Waals surface area contributed by atoms with Gasteiger partial charge in [0.1, 0.15) is 0 Å². The molecule has 1 atom stereocenters. The Kier molecular flexibility index (Phi) is 3.75. The standard InChI is InChI=1S/C18H25N3/c1-5-14-8-9-21(13(2)3)18-7-6-15(10-17(14)18)16-11-19-20(4)12-16/h6-7,10-14H,5,8-9H2,1-4H3/t14-/m0/s1.